The fourth-order valence-electron chi connectivity index (χ4n) is 3.42. The summed E-state index contributed by atoms with van der Waals surface area (Å²) in [5, 5.41) is 0.691. The summed E-state index contributed by atoms with van der Waals surface area (Å²) in [5.41, 5.74) is 1.57. The van der Waals surface area contributed by atoms with Gasteiger partial charge in [0, 0.05) is 12.0 Å². The topological polar surface area (TPSA) is 69.4 Å². The maximum atomic E-state index is 12.9. The molecule has 3 aromatic rings. The van der Waals surface area contributed by atoms with Gasteiger partial charge >= 0.3 is 0 Å². The molecule has 0 amide bonds. The van der Waals surface area contributed by atoms with Gasteiger partial charge in [-0.05, 0) is 30.0 Å². The number of hydrogen-bond acceptors (Lipinski definition) is 5. The van der Waals surface area contributed by atoms with Crippen LogP contribution in [-0.2, 0) is 6.42 Å². The minimum atomic E-state index is -0.225. The molecule has 1 aromatic carbocycles. The third-order valence-corrected chi connectivity index (χ3v) is 4.54. The van der Waals surface area contributed by atoms with Gasteiger partial charge in [-0.1, -0.05) is 19.9 Å². The van der Waals surface area contributed by atoms with E-state index < -0.39 is 0 Å². The fraction of sp³-hybridized carbons (Fsp3) is 0.316. The third kappa shape index (κ3) is 2.12. The molecular weight excluding hydrogens is 306 g/mol. The van der Waals surface area contributed by atoms with Crippen molar-refractivity contribution in [1.29, 1.82) is 0 Å². The summed E-state index contributed by atoms with van der Waals surface area (Å²) in [6.07, 6.45) is 1.14. The lowest BCUT2D eigenvalue weighted by molar-refractivity contribution is 0.0910. The first-order valence-corrected chi connectivity index (χ1v) is 7.86. The van der Waals surface area contributed by atoms with E-state index in [4.69, 9.17) is 9.15 Å². The summed E-state index contributed by atoms with van der Waals surface area (Å²) in [7, 11) is 1.51. The van der Waals surface area contributed by atoms with Crippen LogP contribution in [0, 0.1) is 5.41 Å². The highest BCUT2D eigenvalue weighted by atomic mass is 16.5. The van der Waals surface area contributed by atoms with E-state index in [1.165, 1.54) is 7.11 Å². The lowest BCUT2D eigenvalue weighted by atomic mass is 9.75. The van der Waals surface area contributed by atoms with Crippen LogP contribution in [0.5, 0.6) is 5.75 Å². The highest BCUT2D eigenvalue weighted by Gasteiger charge is 2.32. The van der Waals surface area contributed by atoms with Crippen molar-refractivity contribution in [3.8, 4) is 5.75 Å². The lowest BCUT2D eigenvalue weighted by Gasteiger charge is -2.29. The molecule has 1 aliphatic carbocycles. The molecule has 2 heterocycles. The zero-order valence-electron chi connectivity index (χ0n) is 13.8. The van der Waals surface area contributed by atoms with E-state index in [0.717, 1.165) is 0 Å². The number of carbonyl (C=O) groups is 1. The first-order valence-electron chi connectivity index (χ1n) is 7.86. The first kappa shape index (κ1) is 14.9. The summed E-state index contributed by atoms with van der Waals surface area (Å²) >= 11 is 0. The van der Waals surface area contributed by atoms with Crippen molar-refractivity contribution in [2.45, 2.75) is 26.7 Å². The molecule has 0 N–H and O–H groups in total. The molecule has 0 fully saturated rings. The quantitative estimate of drug-likeness (QED) is 0.641. The number of ketones is 1. The first-order chi connectivity index (χ1) is 11.4. The highest BCUT2D eigenvalue weighted by molar-refractivity contribution is 6.02. The van der Waals surface area contributed by atoms with Crippen molar-refractivity contribution in [1.82, 2.24) is 4.98 Å². The van der Waals surface area contributed by atoms with Crippen LogP contribution in [-0.4, -0.2) is 17.9 Å². The molecule has 4 rings (SSSR count). The van der Waals surface area contributed by atoms with Crippen LogP contribution in [0.15, 0.2) is 33.5 Å². The van der Waals surface area contributed by atoms with Gasteiger partial charge in [-0.2, -0.15) is 0 Å². The van der Waals surface area contributed by atoms with Gasteiger partial charge in [0.25, 0.3) is 0 Å². The Morgan fingerprint density at radius 3 is 2.75 bits per heavy atom. The summed E-state index contributed by atoms with van der Waals surface area (Å²) in [5.74, 6) is 0.475. The number of rotatable bonds is 1. The maximum absolute atomic E-state index is 12.9. The average molecular weight is 323 g/mol. The van der Waals surface area contributed by atoms with Gasteiger partial charge < -0.3 is 9.15 Å². The summed E-state index contributed by atoms with van der Waals surface area (Å²) in [6.45, 7) is 4.09. The van der Waals surface area contributed by atoms with Crippen LogP contribution in [0.25, 0.3) is 22.1 Å². The van der Waals surface area contributed by atoms with Crippen molar-refractivity contribution in [2.24, 2.45) is 5.41 Å². The predicted octanol–water partition coefficient (Wildman–Crippen LogP) is 3.50. The number of hydrogen-bond donors (Lipinski definition) is 0. The van der Waals surface area contributed by atoms with Gasteiger partial charge in [0.15, 0.2) is 5.78 Å². The normalized spacial score (nSPS) is 16.4. The molecule has 0 saturated heterocycles. The van der Waals surface area contributed by atoms with Crippen LogP contribution in [0.4, 0.5) is 0 Å². The molecule has 5 nitrogen and oxygen atoms in total. The Kier molecular flexibility index (Phi) is 3.04. The van der Waals surface area contributed by atoms with Crippen molar-refractivity contribution in [3.63, 3.8) is 0 Å². The van der Waals surface area contributed by atoms with E-state index in [2.05, 4.69) is 4.98 Å². The van der Waals surface area contributed by atoms with E-state index in [1.54, 1.807) is 24.3 Å². The second kappa shape index (κ2) is 4.90. The number of carbonyl (C=O) groups excluding carboxylic acids is 1. The Hall–Kier alpha value is -2.69. The van der Waals surface area contributed by atoms with Crippen LogP contribution in [0.3, 0.4) is 0 Å². The monoisotopic (exact) mass is 323 g/mol. The van der Waals surface area contributed by atoms with E-state index in [-0.39, 0.29) is 22.3 Å². The molecule has 0 atom stereocenters. The number of aromatic nitrogens is 1. The minimum Gasteiger partial charge on any atom is -0.496 e. The van der Waals surface area contributed by atoms with Crippen LogP contribution in [0.1, 0.15) is 36.3 Å². The number of ether oxygens (including phenoxy) is 1. The maximum Gasteiger partial charge on any atom is 0.230 e. The summed E-state index contributed by atoms with van der Waals surface area (Å²) in [6, 6.07) is 6.83. The molecule has 2 aromatic heterocycles. The number of fused-ring (bicyclic) bond motifs is 3. The van der Waals surface area contributed by atoms with Gasteiger partial charge in [-0.3, -0.25) is 9.59 Å². The van der Waals surface area contributed by atoms with Crippen LogP contribution >= 0.6 is 0 Å². The van der Waals surface area contributed by atoms with Crippen LogP contribution in [0.2, 0.25) is 0 Å². The molecule has 1 aliphatic rings. The van der Waals surface area contributed by atoms with Gasteiger partial charge in [-0.25, -0.2) is 4.98 Å². The van der Waals surface area contributed by atoms with Gasteiger partial charge in [0.1, 0.15) is 16.7 Å². The summed E-state index contributed by atoms with van der Waals surface area (Å²) < 4.78 is 11.1. The smallest absolute Gasteiger partial charge is 0.230 e. The Morgan fingerprint density at radius 2 is 2.00 bits per heavy atom. The van der Waals surface area contributed by atoms with Gasteiger partial charge in [0.05, 0.1) is 18.2 Å². The zero-order chi connectivity index (χ0) is 17.1. The van der Waals surface area contributed by atoms with E-state index in [0.29, 0.717) is 46.2 Å². The Labute approximate surface area is 138 Å². The molecule has 0 bridgehead atoms. The van der Waals surface area contributed by atoms with E-state index >= 15 is 0 Å². The fourth-order valence-corrected chi connectivity index (χ4v) is 3.42. The molecule has 122 valence electrons. The molecule has 0 unspecified atom stereocenters. The SMILES string of the molecule is COc1cccc2oc3nc4c(cc3c(=O)c12)C(=O)CC(C)(C)C4. The predicted molar refractivity (Wildman–Crippen MR) is 90.8 cm³/mol. The molecule has 24 heavy (non-hydrogen) atoms. The molecule has 0 spiro atoms. The van der Waals surface area contributed by atoms with Crippen molar-refractivity contribution in [3.05, 3.63) is 45.7 Å². The standard InChI is InChI=1S/C19H17NO4/c1-19(2)8-12-10(13(21)9-19)7-11-17(22)16-14(23-3)5-4-6-15(16)24-18(11)20-12/h4-7H,8-9H2,1-3H3. The zero-order valence-corrected chi connectivity index (χ0v) is 13.8. The van der Waals surface area contributed by atoms with Gasteiger partial charge in [-0.15, -0.1) is 0 Å². The van der Waals surface area contributed by atoms with E-state index in [9.17, 15) is 9.59 Å². The molecule has 5 heteroatoms. The van der Waals surface area contributed by atoms with Crippen LogP contribution < -0.4 is 10.2 Å². The largest absolute Gasteiger partial charge is 0.496 e. The molecule has 0 radical (unpaired) electrons. The summed E-state index contributed by atoms with van der Waals surface area (Å²) in [4.78, 5) is 29.8. The van der Waals surface area contributed by atoms with Crippen molar-refractivity contribution < 1.29 is 13.9 Å². The number of nitrogens with zero attached hydrogens (tertiary/aromatic N) is 1. The Balaban J connectivity index is 2.09. The lowest BCUT2D eigenvalue weighted by Crippen LogP contribution is -2.28. The van der Waals surface area contributed by atoms with Crippen molar-refractivity contribution in [2.75, 3.05) is 7.11 Å². The highest BCUT2D eigenvalue weighted by Crippen LogP contribution is 2.35. The van der Waals surface area contributed by atoms with E-state index in [1.807, 2.05) is 13.8 Å². The third-order valence-electron chi connectivity index (χ3n) is 4.54. The van der Waals surface area contributed by atoms with Gasteiger partial charge in [0.2, 0.25) is 11.1 Å². The number of pyridine rings is 1. The van der Waals surface area contributed by atoms with Crippen molar-refractivity contribution >= 4 is 27.9 Å². The number of methoxy groups -OCH3 is 1. The minimum absolute atomic E-state index is 0.0233. The number of benzene rings is 1. The molecule has 0 aliphatic heterocycles. The Bertz CT molecular complexity index is 1060. The molecular formula is C19H17NO4. The molecule has 0 saturated carbocycles. The Morgan fingerprint density at radius 1 is 1.21 bits per heavy atom. The number of Topliss-reactive ketones (excluding diaryl/α,β-unsaturated/α-hetero) is 1. The second-order valence-electron chi connectivity index (χ2n) is 7.04. The second-order valence-corrected chi connectivity index (χ2v) is 7.04. The average Bonchev–Trinajstić information content (AvgIpc) is 2.52.